The number of nitriles is 1. The number of carbonyl (C=O) groups is 2. The zero-order valence-electron chi connectivity index (χ0n) is 16.9. The topological polar surface area (TPSA) is 105 Å². The van der Waals surface area contributed by atoms with Crippen molar-refractivity contribution in [2.24, 2.45) is 5.92 Å². The molecule has 152 valence electrons. The highest BCUT2D eigenvalue weighted by atomic mass is 16.6. The van der Waals surface area contributed by atoms with Crippen molar-refractivity contribution in [3.63, 3.8) is 0 Å². The van der Waals surface area contributed by atoms with Crippen molar-refractivity contribution in [2.75, 3.05) is 38.2 Å². The lowest BCUT2D eigenvalue weighted by atomic mass is 9.90. The van der Waals surface area contributed by atoms with Crippen molar-refractivity contribution < 1.29 is 24.0 Å². The Balaban J connectivity index is 1.90. The second-order valence-electron chi connectivity index (χ2n) is 7.38. The average molecular weight is 389 g/mol. The molecule has 0 saturated heterocycles. The summed E-state index contributed by atoms with van der Waals surface area (Å²) in [5.41, 5.74) is -0.311. The maximum Gasteiger partial charge on any atom is 0.279 e. The van der Waals surface area contributed by atoms with Crippen molar-refractivity contribution >= 4 is 17.5 Å². The lowest BCUT2D eigenvalue weighted by Crippen LogP contribution is -3.14. The van der Waals surface area contributed by atoms with E-state index in [1.54, 1.807) is 25.1 Å². The van der Waals surface area contributed by atoms with E-state index in [4.69, 9.17) is 9.47 Å². The van der Waals surface area contributed by atoms with Gasteiger partial charge in [0.05, 0.1) is 12.6 Å². The summed E-state index contributed by atoms with van der Waals surface area (Å²) >= 11 is 0. The van der Waals surface area contributed by atoms with Gasteiger partial charge in [-0.1, -0.05) is 13.8 Å². The number of ether oxygens (including phenoxy) is 2. The van der Waals surface area contributed by atoms with Gasteiger partial charge in [0.2, 0.25) is 0 Å². The molecule has 0 saturated carbocycles. The Kier molecular flexibility index (Phi) is 7.24. The van der Waals surface area contributed by atoms with Crippen LogP contribution in [0.5, 0.6) is 11.5 Å². The molecule has 2 rings (SSSR count). The van der Waals surface area contributed by atoms with Crippen LogP contribution in [0.3, 0.4) is 0 Å². The number of hydrogen-bond donors (Lipinski definition) is 3. The third-order valence-corrected chi connectivity index (χ3v) is 4.93. The summed E-state index contributed by atoms with van der Waals surface area (Å²) < 4.78 is 11.0. The third kappa shape index (κ3) is 5.60. The van der Waals surface area contributed by atoms with E-state index in [-0.39, 0.29) is 30.8 Å². The van der Waals surface area contributed by atoms with Gasteiger partial charge < -0.3 is 25.0 Å². The van der Waals surface area contributed by atoms with Gasteiger partial charge in [-0.2, -0.15) is 5.26 Å². The molecule has 1 unspecified atom stereocenters. The molecule has 8 nitrogen and oxygen atoms in total. The molecule has 1 heterocycles. The molecular formula is C20H29N4O4+. The maximum absolute atomic E-state index is 12.4. The summed E-state index contributed by atoms with van der Waals surface area (Å²) in [7, 11) is 0. The van der Waals surface area contributed by atoms with E-state index in [0.29, 0.717) is 36.9 Å². The van der Waals surface area contributed by atoms with Gasteiger partial charge >= 0.3 is 0 Å². The molecule has 0 radical (unpaired) electrons. The van der Waals surface area contributed by atoms with Crippen molar-refractivity contribution in [3.05, 3.63) is 18.2 Å². The number of nitrogens with one attached hydrogen (secondary N) is 3. The molecule has 8 heteroatoms. The van der Waals surface area contributed by atoms with Crippen LogP contribution in [-0.4, -0.2) is 50.2 Å². The van der Waals surface area contributed by atoms with E-state index in [2.05, 4.69) is 16.7 Å². The molecule has 0 aliphatic carbocycles. The van der Waals surface area contributed by atoms with Crippen LogP contribution >= 0.6 is 0 Å². The number of hydrogen-bond acceptors (Lipinski definition) is 5. The van der Waals surface area contributed by atoms with Crippen LogP contribution in [0.2, 0.25) is 0 Å². The predicted molar refractivity (Wildman–Crippen MR) is 104 cm³/mol. The molecule has 1 aliphatic rings. The molecule has 1 aliphatic heterocycles. The second kappa shape index (κ2) is 9.42. The molecule has 28 heavy (non-hydrogen) atoms. The first-order valence-electron chi connectivity index (χ1n) is 9.52. The number of anilines is 1. The highest BCUT2D eigenvalue weighted by molar-refractivity contribution is 5.92. The Labute approximate surface area is 165 Å². The fourth-order valence-corrected chi connectivity index (χ4v) is 2.73. The van der Waals surface area contributed by atoms with Gasteiger partial charge in [-0.25, -0.2) is 0 Å². The Morgan fingerprint density at radius 3 is 2.46 bits per heavy atom. The summed E-state index contributed by atoms with van der Waals surface area (Å²) in [6, 6.07) is 7.40. The Hall–Kier alpha value is -2.79. The molecule has 1 aromatic rings. The van der Waals surface area contributed by atoms with Crippen LogP contribution in [0, 0.1) is 17.2 Å². The summed E-state index contributed by atoms with van der Waals surface area (Å²) in [6.45, 7) is 9.24. The maximum atomic E-state index is 12.4. The highest BCUT2D eigenvalue weighted by Gasteiger charge is 2.31. The molecule has 0 spiro atoms. The van der Waals surface area contributed by atoms with Gasteiger partial charge in [-0.15, -0.1) is 0 Å². The second-order valence-corrected chi connectivity index (χ2v) is 7.38. The van der Waals surface area contributed by atoms with E-state index < -0.39 is 5.54 Å². The zero-order chi connectivity index (χ0) is 20.7. The first-order valence-corrected chi connectivity index (χ1v) is 9.52. The fourth-order valence-electron chi connectivity index (χ4n) is 2.73. The number of nitrogens with zero attached hydrogens (tertiary/aromatic N) is 1. The largest absolute Gasteiger partial charge is 0.486 e. The molecule has 1 aromatic carbocycles. The van der Waals surface area contributed by atoms with E-state index in [0.717, 1.165) is 4.90 Å². The minimum atomic E-state index is -0.927. The summed E-state index contributed by atoms with van der Waals surface area (Å²) in [5.74, 6) is 0.792. The van der Waals surface area contributed by atoms with Gasteiger partial charge in [0, 0.05) is 11.8 Å². The molecule has 2 amide bonds. The Morgan fingerprint density at radius 1 is 1.21 bits per heavy atom. The Morgan fingerprint density at radius 2 is 1.86 bits per heavy atom. The number of rotatable bonds is 8. The van der Waals surface area contributed by atoms with E-state index in [1.807, 2.05) is 20.8 Å². The first kappa shape index (κ1) is 21.5. The standard InChI is InChI=1S/C20H28N4O4/c1-5-24(12-19(26)23-20(4,13-21)14(2)3)11-18(25)22-15-6-7-16-17(10-15)28-9-8-27-16/h6-7,10,14H,5,8-9,11-12H2,1-4H3,(H,22,25)(H,23,26)/p+1/t20-/m0/s1. The van der Waals surface area contributed by atoms with Crippen LogP contribution in [0.15, 0.2) is 18.2 Å². The van der Waals surface area contributed by atoms with Crippen LogP contribution in [0.4, 0.5) is 5.69 Å². The van der Waals surface area contributed by atoms with Crippen LogP contribution in [0.25, 0.3) is 0 Å². The molecular weight excluding hydrogens is 360 g/mol. The van der Waals surface area contributed by atoms with Gasteiger partial charge in [-0.05, 0) is 31.9 Å². The van der Waals surface area contributed by atoms with Gasteiger partial charge in [0.15, 0.2) is 24.6 Å². The number of amides is 2. The van der Waals surface area contributed by atoms with Crippen molar-refractivity contribution in [1.29, 1.82) is 5.26 Å². The van der Waals surface area contributed by atoms with E-state index in [1.165, 1.54) is 0 Å². The summed E-state index contributed by atoms with van der Waals surface area (Å²) in [4.78, 5) is 25.5. The monoisotopic (exact) mass is 389 g/mol. The van der Waals surface area contributed by atoms with Crippen molar-refractivity contribution in [2.45, 2.75) is 33.2 Å². The Bertz CT molecular complexity index is 759. The van der Waals surface area contributed by atoms with Gasteiger partial charge in [0.1, 0.15) is 18.8 Å². The fraction of sp³-hybridized carbons (Fsp3) is 0.550. The third-order valence-electron chi connectivity index (χ3n) is 4.93. The molecule has 2 atom stereocenters. The number of fused-ring (bicyclic) bond motifs is 1. The molecule has 0 bridgehead atoms. The smallest absolute Gasteiger partial charge is 0.279 e. The average Bonchev–Trinajstić information content (AvgIpc) is 2.66. The quantitative estimate of drug-likeness (QED) is 0.595. The molecule has 3 N–H and O–H groups in total. The summed E-state index contributed by atoms with van der Waals surface area (Å²) in [6.07, 6.45) is 0. The van der Waals surface area contributed by atoms with Gasteiger partial charge in [-0.3, -0.25) is 9.59 Å². The normalized spacial score (nSPS) is 15.9. The van der Waals surface area contributed by atoms with Crippen LogP contribution in [-0.2, 0) is 9.59 Å². The number of quaternary nitrogens is 1. The predicted octanol–water partition coefficient (Wildman–Crippen LogP) is 0.356. The van der Waals surface area contributed by atoms with E-state index in [9.17, 15) is 14.9 Å². The number of benzene rings is 1. The lowest BCUT2D eigenvalue weighted by molar-refractivity contribution is -0.881. The highest BCUT2D eigenvalue weighted by Crippen LogP contribution is 2.32. The minimum absolute atomic E-state index is 0.0231. The minimum Gasteiger partial charge on any atom is -0.486 e. The molecule has 0 aromatic heterocycles. The number of likely N-dealkylation sites (N-methyl/N-ethyl adjacent to an activating group) is 1. The summed E-state index contributed by atoms with van der Waals surface area (Å²) in [5, 5.41) is 14.9. The SMILES string of the molecule is CC[NH+](CC(=O)Nc1ccc2c(c1)OCCO2)CC(=O)N[C@@](C)(C#N)C(C)C. The van der Waals surface area contributed by atoms with Crippen molar-refractivity contribution in [3.8, 4) is 17.6 Å². The molecule has 0 fully saturated rings. The van der Waals surface area contributed by atoms with E-state index >= 15 is 0 Å². The zero-order valence-corrected chi connectivity index (χ0v) is 16.9. The van der Waals surface area contributed by atoms with Crippen LogP contribution in [0.1, 0.15) is 27.7 Å². The first-order chi connectivity index (χ1) is 13.3. The van der Waals surface area contributed by atoms with Crippen molar-refractivity contribution in [1.82, 2.24) is 5.32 Å². The van der Waals surface area contributed by atoms with Crippen LogP contribution < -0.4 is 25.0 Å². The van der Waals surface area contributed by atoms with Gasteiger partial charge in [0.25, 0.3) is 11.8 Å². The lowest BCUT2D eigenvalue weighted by Gasteiger charge is -2.28. The number of carbonyl (C=O) groups excluding carboxylic acids is 2.